The van der Waals surface area contributed by atoms with Crippen LogP contribution in [0, 0.1) is 12.7 Å². The van der Waals surface area contributed by atoms with Crippen LogP contribution in [0.3, 0.4) is 0 Å². The van der Waals surface area contributed by atoms with Gasteiger partial charge in [0.15, 0.2) is 0 Å². The van der Waals surface area contributed by atoms with E-state index in [0.29, 0.717) is 23.3 Å². The second kappa shape index (κ2) is 8.93. The normalized spacial score (nSPS) is 15.3. The van der Waals surface area contributed by atoms with Gasteiger partial charge in [-0.25, -0.2) is 4.39 Å². The monoisotopic (exact) mass is 428 g/mol. The van der Waals surface area contributed by atoms with E-state index < -0.39 is 0 Å². The second-order valence-corrected chi connectivity index (χ2v) is 7.96. The van der Waals surface area contributed by atoms with E-state index in [2.05, 4.69) is 20.4 Å². The van der Waals surface area contributed by atoms with Crippen molar-refractivity contribution in [1.29, 1.82) is 0 Å². The summed E-state index contributed by atoms with van der Waals surface area (Å²) in [6.07, 6.45) is 1.66. The molecule has 2 aromatic carbocycles. The van der Waals surface area contributed by atoms with Crippen LogP contribution >= 0.6 is 11.6 Å². The van der Waals surface area contributed by atoms with Crippen molar-refractivity contribution >= 4 is 23.2 Å². The van der Waals surface area contributed by atoms with Gasteiger partial charge in [0.1, 0.15) is 5.82 Å². The van der Waals surface area contributed by atoms with Crippen molar-refractivity contribution in [3.05, 3.63) is 64.8 Å². The lowest BCUT2D eigenvalue weighted by atomic mass is 9.97. The second-order valence-electron chi connectivity index (χ2n) is 7.52. The number of halogens is 2. The minimum absolute atomic E-state index is 0.0600. The molecule has 1 fully saturated rings. The largest absolute Gasteiger partial charge is 0.339 e. The van der Waals surface area contributed by atoms with Gasteiger partial charge in [0.25, 0.3) is 0 Å². The van der Waals surface area contributed by atoms with Gasteiger partial charge in [0.2, 0.25) is 17.6 Å². The van der Waals surface area contributed by atoms with Gasteiger partial charge in [-0.1, -0.05) is 22.8 Å². The molecule has 2 heterocycles. The van der Waals surface area contributed by atoms with Crippen LogP contribution in [0.2, 0.25) is 5.02 Å². The molecule has 0 bridgehead atoms. The van der Waals surface area contributed by atoms with Crippen molar-refractivity contribution in [3.8, 4) is 11.4 Å². The summed E-state index contributed by atoms with van der Waals surface area (Å²) in [5.74, 6) is 0.845. The van der Waals surface area contributed by atoms with Crippen molar-refractivity contribution in [2.45, 2.75) is 25.7 Å². The Bertz CT molecular complexity index is 1030. The highest BCUT2D eigenvalue weighted by Crippen LogP contribution is 2.28. The van der Waals surface area contributed by atoms with Gasteiger partial charge in [-0.15, -0.1) is 0 Å². The minimum Gasteiger partial charge on any atom is -0.339 e. The molecule has 0 saturated carbocycles. The zero-order valence-electron chi connectivity index (χ0n) is 16.6. The molecule has 6 nitrogen and oxygen atoms in total. The average molecular weight is 429 g/mol. The Morgan fingerprint density at radius 3 is 2.70 bits per heavy atom. The van der Waals surface area contributed by atoms with Gasteiger partial charge in [0, 0.05) is 22.2 Å². The summed E-state index contributed by atoms with van der Waals surface area (Å²) in [5.41, 5.74) is 2.43. The molecule has 0 unspecified atom stereocenters. The SMILES string of the molecule is Cc1ccc(Cl)cc1NC(=O)CN1CCC(c2nc(-c3ccc(F)cc3)no2)CC1. The van der Waals surface area contributed by atoms with Crippen LogP contribution in [0.5, 0.6) is 0 Å². The Hall–Kier alpha value is -2.77. The van der Waals surface area contributed by atoms with Crippen LogP contribution in [0.1, 0.15) is 30.2 Å². The maximum absolute atomic E-state index is 13.1. The standard InChI is InChI=1S/C22H22ClFN4O2/c1-14-2-5-17(23)12-19(14)25-20(29)13-28-10-8-16(9-11-28)22-26-21(27-30-22)15-3-6-18(24)7-4-15/h2-7,12,16H,8-11,13H2,1H3,(H,25,29). The van der Waals surface area contributed by atoms with Crippen LogP contribution in [-0.4, -0.2) is 40.6 Å². The molecular formula is C22H22ClFN4O2. The lowest BCUT2D eigenvalue weighted by Gasteiger charge is -2.29. The Morgan fingerprint density at radius 1 is 1.23 bits per heavy atom. The van der Waals surface area contributed by atoms with Gasteiger partial charge in [0.05, 0.1) is 6.54 Å². The van der Waals surface area contributed by atoms with Crippen molar-refractivity contribution in [2.24, 2.45) is 0 Å². The lowest BCUT2D eigenvalue weighted by molar-refractivity contribution is -0.117. The molecule has 0 atom stereocenters. The summed E-state index contributed by atoms with van der Waals surface area (Å²) in [6.45, 7) is 3.78. The molecule has 30 heavy (non-hydrogen) atoms. The molecule has 8 heteroatoms. The first-order valence-electron chi connectivity index (χ1n) is 9.86. The smallest absolute Gasteiger partial charge is 0.238 e. The number of hydrogen-bond acceptors (Lipinski definition) is 5. The number of aryl methyl sites for hydroxylation is 1. The van der Waals surface area contributed by atoms with Crippen molar-refractivity contribution < 1.29 is 13.7 Å². The van der Waals surface area contributed by atoms with Gasteiger partial charge in [-0.05, 0) is 74.8 Å². The molecule has 0 spiro atoms. The highest BCUT2D eigenvalue weighted by Gasteiger charge is 2.26. The van der Waals surface area contributed by atoms with Crippen molar-refractivity contribution in [3.63, 3.8) is 0 Å². The molecule has 1 aliphatic heterocycles. The quantitative estimate of drug-likeness (QED) is 0.640. The zero-order valence-corrected chi connectivity index (χ0v) is 17.3. The number of rotatable bonds is 5. The third kappa shape index (κ3) is 4.86. The number of aromatic nitrogens is 2. The number of piperidine rings is 1. The van der Waals surface area contributed by atoms with Crippen LogP contribution in [0.25, 0.3) is 11.4 Å². The Morgan fingerprint density at radius 2 is 1.97 bits per heavy atom. The molecule has 1 saturated heterocycles. The number of anilines is 1. The molecule has 3 aromatic rings. The van der Waals surface area contributed by atoms with Crippen LogP contribution in [0.15, 0.2) is 47.0 Å². The number of amides is 1. The average Bonchev–Trinajstić information content (AvgIpc) is 3.22. The fourth-order valence-electron chi connectivity index (χ4n) is 3.58. The third-order valence-electron chi connectivity index (χ3n) is 5.32. The molecule has 1 aliphatic rings. The maximum atomic E-state index is 13.1. The Kier molecular flexibility index (Phi) is 6.11. The van der Waals surface area contributed by atoms with E-state index in [-0.39, 0.29) is 17.6 Å². The molecular weight excluding hydrogens is 407 g/mol. The van der Waals surface area contributed by atoms with E-state index in [1.807, 2.05) is 13.0 Å². The van der Waals surface area contributed by atoms with E-state index in [0.717, 1.165) is 42.7 Å². The summed E-state index contributed by atoms with van der Waals surface area (Å²) in [6, 6.07) is 11.5. The lowest BCUT2D eigenvalue weighted by Crippen LogP contribution is -2.38. The van der Waals surface area contributed by atoms with E-state index in [4.69, 9.17) is 16.1 Å². The number of carbonyl (C=O) groups is 1. The number of likely N-dealkylation sites (tertiary alicyclic amines) is 1. The van der Waals surface area contributed by atoms with Gasteiger partial charge in [-0.3, -0.25) is 9.69 Å². The van der Waals surface area contributed by atoms with E-state index >= 15 is 0 Å². The fraction of sp³-hybridized carbons (Fsp3) is 0.318. The third-order valence-corrected chi connectivity index (χ3v) is 5.56. The summed E-state index contributed by atoms with van der Waals surface area (Å²) < 4.78 is 18.5. The van der Waals surface area contributed by atoms with E-state index in [9.17, 15) is 9.18 Å². The van der Waals surface area contributed by atoms with Crippen LogP contribution < -0.4 is 5.32 Å². The zero-order chi connectivity index (χ0) is 21.1. The molecule has 1 amide bonds. The Labute approximate surface area is 179 Å². The van der Waals surface area contributed by atoms with Crippen molar-refractivity contribution in [1.82, 2.24) is 15.0 Å². The van der Waals surface area contributed by atoms with E-state index in [1.165, 1.54) is 12.1 Å². The number of nitrogens with one attached hydrogen (secondary N) is 1. The van der Waals surface area contributed by atoms with E-state index in [1.54, 1.807) is 24.3 Å². The molecule has 156 valence electrons. The summed E-state index contributed by atoms with van der Waals surface area (Å²) in [7, 11) is 0. The number of hydrogen-bond donors (Lipinski definition) is 1. The maximum Gasteiger partial charge on any atom is 0.238 e. The summed E-state index contributed by atoms with van der Waals surface area (Å²) in [4.78, 5) is 19.0. The van der Waals surface area contributed by atoms with Crippen LogP contribution in [0.4, 0.5) is 10.1 Å². The molecule has 4 rings (SSSR count). The number of benzene rings is 2. The van der Waals surface area contributed by atoms with Crippen molar-refractivity contribution in [2.75, 3.05) is 25.0 Å². The molecule has 1 aromatic heterocycles. The first-order chi connectivity index (χ1) is 14.5. The minimum atomic E-state index is -0.301. The van der Waals surface area contributed by atoms with Crippen LogP contribution in [-0.2, 0) is 4.79 Å². The molecule has 1 N–H and O–H groups in total. The molecule has 0 aliphatic carbocycles. The topological polar surface area (TPSA) is 71.3 Å². The first-order valence-corrected chi connectivity index (χ1v) is 10.2. The van der Waals surface area contributed by atoms with Gasteiger partial charge in [-0.2, -0.15) is 4.98 Å². The first kappa shape index (κ1) is 20.5. The summed E-state index contributed by atoms with van der Waals surface area (Å²) >= 11 is 6.02. The predicted octanol–water partition coefficient (Wildman–Crippen LogP) is 4.66. The summed E-state index contributed by atoms with van der Waals surface area (Å²) in [5, 5.41) is 7.55. The fourth-order valence-corrected chi connectivity index (χ4v) is 3.75. The van der Waals surface area contributed by atoms with Gasteiger partial charge >= 0.3 is 0 Å². The Balaban J connectivity index is 1.30. The highest BCUT2D eigenvalue weighted by atomic mass is 35.5. The number of carbonyl (C=O) groups excluding carboxylic acids is 1. The molecule has 0 radical (unpaired) electrons. The highest BCUT2D eigenvalue weighted by molar-refractivity contribution is 6.31. The van der Waals surface area contributed by atoms with Gasteiger partial charge < -0.3 is 9.84 Å². The number of nitrogens with zero attached hydrogens (tertiary/aromatic N) is 3. The predicted molar refractivity (Wildman–Crippen MR) is 113 cm³/mol.